The van der Waals surface area contributed by atoms with Gasteiger partial charge in [-0.15, -0.1) is 0 Å². The molecular formula is C21H22Cl2N2O2. The van der Waals surface area contributed by atoms with Crippen LogP contribution in [0.3, 0.4) is 0 Å². The Bertz CT molecular complexity index is 850. The highest BCUT2D eigenvalue weighted by Gasteiger charge is 2.36. The lowest BCUT2D eigenvalue weighted by Crippen LogP contribution is -2.32. The maximum atomic E-state index is 12.5. The first-order chi connectivity index (χ1) is 12.9. The van der Waals surface area contributed by atoms with Crippen molar-refractivity contribution >= 4 is 40.7 Å². The number of nitrogens with one attached hydrogen (secondary N) is 1. The van der Waals surface area contributed by atoms with Gasteiger partial charge in [-0.3, -0.25) is 9.59 Å². The highest BCUT2D eigenvalue weighted by atomic mass is 35.5. The van der Waals surface area contributed by atoms with Gasteiger partial charge in [0.2, 0.25) is 11.8 Å². The third-order valence-corrected chi connectivity index (χ3v) is 5.64. The summed E-state index contributed by atoms with van der Waals surface area (Å²) >= 11 is 12.3. The second-order valence-electron chi connectivity index (χ2n) is 7.09. The van der Waals surface area contributed by atoms with Crippen molar-refractivity contribution < 1.29 is 9.59 Å². The minimum Gasteiger partial charge on any atom is -0.352 e. The highest BCUT2D eigenvalue weighted by molar-refractivity contribution is 6.44. The van der Waals surface area contributed by atoms with Crippen LogP contribution in [0.15, 0.2) is 42.5 Å². The summed E-state index contributed by atoms with van der Waals surface area (Å²) in [6.45, 7) is 5.04. The average molecular weight is 405 g/mol. The van der Waals surface area contributed by atoms with Crippen LogP contribution >= 0.6 is 23.2 Å². The lowest BCUT2D eigenvalue weighted by molar-refractivity contribution is -0.126. The summed E-state index contributed by atoms with van der Waals surface area (Å²) in [4.78, 5) is 26.4. The third kappa shape index (κ3) is 4.45. The van der Waals surface area contributed by atoms with Crippen molar-refractivity contribution in [2.75, 3.05) is 11.4 Å². The lowest BCUT2D eigenvalue weighted by Gasteiger charge is -2.18. The van der Waals surface area contributed by atoms with E-state index < -0.39 is 5.92 Å². The number of hydrogen-bond donors (Lipinski definition) is 1. The van der Waals surface area contributed by atoms with Gasteiger partial charge >= 0.3 is 0 Å². The number of carbonyl (C=O) groups excluding carboxylic acids is 2. The van der Waals surface area contributed by atoms with E-state index >= 15 is 0 Å². The highest BCUT2D eigenvalue weighted by Crippen LogP contribution is 2.35. The molecule has 142 valence electrons. The van der Waals surface area contributed by atoms with E-state index in [-0.39, 0.29) is 18.2 Å². The normalized spacial score (nSPS) is 16.9. The lowest BCUT2D eigenvalue weighted by atomic mass is 10.0. The first kappa shape index (κ1) is 19.7. The molecular weight excluding hydrogens is 383 g/mol. The number of rotatable bonds is 5. The number of carbonyl (C=O) groups is 2. The minimum absolute atomic E-state index is 0.124. The van der Waals surface area contributed by atoms with Crippen LogP contribution in [0, 0.1) is 5.92 Å². The first-order valence-corrected chi connectivity index (χ1v) is 9.73. The van der Waals surface area contributed by atoms with Gasteiger partial charge in [-0.05, 0) is 29.2 Å². The van der Waals surface area contributed by atoms with Crippen molar-refractivity contribution in [3.8, 4) is 0 Å². The van der Waals surface area contributed by atoms with E-state index in [0.717, 1.165) is 5.56 Å². The molecule has 1 aliphatic rings. The molecule has 0 bridgehead atoms. The molecule has 0 aliphatic carbocycles. The minimum atomic E-state index is -0.400. The molecule has 0 radical (unpaired) electrons. The standard InChI is InChI=1S/C21H22Cl2N2O2/c1-13(2)15-8-6-14(7-9-15)11-24-21(27)16-10-19(26)25(12-16)18-5-3-4-17(22)20(18)23/h3-9,13,16H,10-12H2,1-2H3,(H,24,27)/t16-/m1/s1. The number of halogens is 2. The molecule has 1 fully saturated rings. The van der Waals surface area contributed by atoms with E-state index in [4.69, 9.17) is 23.2 Å². The second-order valence-corrected chi connectivity index (χ2v) is 7.88. The molecule has 1 atom stereocenters. The molecule has 0 unspecified atom stereocenters. The molecule has 4 nitrogen and oxygen atoms in total. The van der Waals surface area contributed by atoms with Gasteiger partial charge < -0.3 is 10.2 Å². The van der Waals surface area contributed by atoms with Crippen molar-refractivity contribution in [2.24, 2.45) is 5.92 Å². The summed E-state index contributed by atoms with van der Waals surface area (Å²) in [5.41, 5.74) is 2.85. The smallest absolute Gasteiger partial charge is 0.227 e. The fourth-order valence-corrected chi connectivity index (χ4v) is 3.57. The summed E-state index contributed by atoms with van der Waals surface area (Å²) in [5, 5.41) is 3.65. The van der Waals surface area contributed by atoms with E-state index in [0.29, 0.717) is 34.7 Å². The fourth-order valence-electron chi connectivity index (χ4n) is 3.17. The predicted octanol–water partition coefficient (Wildman–Crippen LogP) is 4.79. The van der Waals surface area contributed by atoms with Gasteiger partial charge in [0.1, 0.15) is 0 Å². The molecule has 1 aliphatic heterocycles. The van der Waals surface area contributed by atoms with Crippen molar-refractivity contribution in [1.82, 2.24) is 5.32 Å². The fraction of sp³-hybridized carbons (Fsp3) is 0.333. The van der Waals surface area contributed by atoms with E-state index in [2.05, 4.69) is 31.3 Å². The summed E-state index contributed by atoms with van der Waals surface area (Å²) in [7, 11) is 0. The number of anilines is 1. The molecule has 0 spiro atoms. The third-order valence-electron chi connectivity index (χ3n) is 4.83. The molecule has 1 N–H and O–H groups in total. The summed E-state index contributed by atoms with van der Waals surface area (Å²) < 4.78 is 0. The Labute approximate surface area is 169 Å². The van der Waals surface area contributed by atoms with Crippen LogP contribution in [-0.2, 0) is 16.1 Å². The van der Waals surface area contributed by atoms with Gasteiger partial charge in [-0.25, -0.2) is 0 Å². The maximum absolute atomic E-state index is 12.5. The first-order valence-electron chi connectivity index (χ1n) is 8.97. The zero-order valence-electron chi connectivity index (χ0n) is 15.3. The van der Waals surface area contributed by atoms with E-state index in [9.17, 15) is 9.59 Å². The number of benzene rings is 2. The summed E-state index contributed by atoms with van der Waals surface area (Å²) in [5.74, 6) is -0.178. The Kier molecular flexibility index (Phi) is 6.08. The quantitative estimate of drug-likeness (QED) is 0.778. The molecule has 1 heterocycles. The topological polar surface area (TPSA) is 49.4 Å². The van der Waals surface area contributed by atoms with Crippen molar-refractivity contribution in [1.29, 1.82) is 0 Å². The Hall–Kier alpha value is -2.04. The van der Waals surface area contributed by atoms with Crippen LogP contribution in [0.1, 0.15) is 37.3 Å². The SMILES string of the molecule is CC(C)c1ccc(CNC(=O)[C@@H]2CC(=O)N(c3cccc(Cl)c3Cl)C2)cc1. The van der Waals surface area contributed by atoms with Gasteiger partial charge in [-0.1, -0.05) is 67.4 Å². The van der Waals surface area contributed by atoms with Crippen molar-refractivity contribution in [3.05, 3.63) is 63.6 Å². The molecule has 27 heavy (non-hydrogen) atoms. The van der Waals surface area contributed by atoms with Crippen LogP contribution in [0.5, 0.6) is 0 Å². The average Bonchev–Trinajstić information content (AvgIpc) is 3.04. The van der Waals surface area contributed by atoms with Gasteiger partial charge in [0.15, 0.2) is 0 Å². The second kappa shape index (κ2) is 8.32. The molecule has 1 saturated heterocycles. The Morgan fingerprint density at radius 2 is 1.89 bits per heavy atom. The molecule has 6 heteroatoms. The molecule has 2 aromatic carbocycles. The van der Waals surface area contributed by atoms with Gasteiger partial charge in [0, 0.05) is 19.5 Å². The van der Waals surface area contributed by atoms with E-state index in [1.165, 1.54) is 10.5 Å². The van der Waals surface area contributed by atoms with E-state index in [1.807, 2.05) is 12.1 Å². The van der Waals surface area contributed by atoms with Gasteiger partial charge in [-0.2, -0.15) is 0 Å². The van der Waals surface area contributed by atoms with Gasteiger partial charge in [0.25, 0.3) is 0 Å². The molecule has 2 aromatic rings. The summed E-state index contributed by atoms with van der Waals surface area (Å²) in [6, 6.07) is 13.3. The van der Waals surface area contributed by atoms with Crippen LogP contribution in [0.2, 0.25) is 10.0 Å². The molecule has 0 aromatic heterocycles. The van der Waals surface area contributed by atoms with Crippen molar-refractivity contribution in [3.63, 3.8) is 0 Å². The number of nitrogens with zero attached hydrogens (tertiary/aromatic N) is 1. The number of hydrogen-bond acceptors (Lipinski definition) is 2. The Balaban J connectivity index is 1.61. The van der Waals surface area contributed by atoms with Gasteiger partial charge in [0.05, 0.1) is 21.7 Å². The van der Waals surface area contributed by atoms with Crippen LogP contribution < -0.4 is 10.2 Å². The Morgan fingerprint density at radius 1 is 1.19 bits per heavy atom. The molecule has 2 amide bonds. The largest absolute Gasteiger partial charge is 0.352 e. The van der Waals surface area contributed by atoms with Crippen LogP contribution in [0.4, 0.5) is 5.69 Å². The van der Waals surface area contributed by atoms with Crippen LogP contribution in [0.25, 0.3) is 0 Å². The molecule has 3 rings (SSSR count). The Morgan fingerprint density at radius 3 is 2.56 bits per heavy atom. The van der Waals surface area contributed by atoms with E-state index in [1.54, 1.807) is 18.2 Å². The predicted molar refractivity (Wildman–Crippen MR) is 109 cm³/mol. The van der Waals surface area contributed by atoms with Crippen LogP contribution in [-0.4, -0.2) is 18.4 Å². The molecule has 0 saturated carbocycles. The maximum Gasteiger partial charge on any atom is 0.227 e. The summed E-state index contributed by atoms with van der Waals surface area (Å²) in [6.07, 6.45) is 0.168. The zero-order chi connectivity index (χ0) is 19.6. The number of amides is 2. The zero-order valence-corrected chi connectivity index (χ0v) is 16.8. The monoisotopic (exact) mass is 404 g/mol. The van der Waals surface area contributed by atoms with Crippen molar-refractivity contribution in [2.45, 2.75) is 32.7 Å².